The molecule has 0 radical (unpaired) electrons. The van der Waals surface area contributed by atoms with Crippen molar-refractivity contribution in [3.05, 3.63) is 71.0 Å². The molecular formula is C22H27FN2O2. The van der Waals surface area contributed by atoms with Gasteiger partial charge in [0.1, 0.15) is 5.82 Å². The van der Waals surface area contributed by atoms with E-state index in [9.17, 15) is 9.18 Å². The van der Waals surface area contributed by atoms with Gasteiger partial charge >= 0.3 is 0 Å². The second-order valence-electron chi connectivity index (χ2n) is 6.87. The lowest BCUT2D eigenvalue weighted by Gasteiger charge is -2.35. The lowest BCUT2D eigenvalue weighted by Crippen LogP contribution is -2.44. The van der Waals surface area contributed by atoms with E-state index < -0.39 is 0 Å². The highest BCUT2D eigenvalue weighted by Gasteiger charge is 2.23. The van der Waals surface area contributed by atoms with Crippen molar-refractivity contribution >= 4 is 5.91 Å². The average molecular weight is 370 g/mol. The molecule has 4 nitrogen and oxygen atoms in total. The van der Waals surface area contributed by atoms with Gasteiger partial charge in [-0.1, -0.05) is 43.3 Å². The Hall–Kier alpha value is -2.24. The number of halogens is 1. The van der Waals surface area contributed by atoms with Crippen LogP contribution >= 0.6 is 0 Å². The molecular weight excluding hydrogens is 343 g/mol. The normalized spacial score (nSPS) is 16.1. The molecule has 2 aromatic rings. The molecule has 1 heterocycles. The van der Waals surface area contributed by atoms with Gasteiger partial charge in [-0.25, -0.2) is 4.39 Å². The SMILES string of the molecule is CCc1ccc(C(CNC(=O)Cc2ccc(F)cc2)N2CCOCC2)cc1. The molecule has 1 amide bonds. The van der Waals surface area contributed by atoms with Gasteiger partial charge in [0.05, 0.1) is 25.7 Å². The van der Waals surface area contributed by atoms with Crippen LogP contribution in [0.3, 0.4) is 0 Å². The predicted octanol–water partition coefficient (Wildman–Crippen LogP) is 3.12. The Bertz CT molecular complexity index is 725. The molecule has 144 valence electrons. The number of carbonyl (C=O) groups excluding carboxylic acids is 1. The van der Waals surface area contributed by atoms with Crippen LogP contribution in [-0.2, 0) is 22.4 Å². The highest BCUT2D eigenvalue weighted by Crippen LogP contribution is 2.22. The summed E-state index contributed by atoms with van der Waals surface area (Å²) in [6.45, 7) is 5.83. The number of hydrogen-bond donors (Lipinski definition) is 1. The molecule has 1 fully saturated rings. The Balaban J connectivity index is 1.64. The summed E-state index contributed by atoms with van der Waals surface area (Å²) in [6, 6.07) is 14.8. The van der Waals surface area contributed by atoms with Crippen LogP contribution in [-0.4, -0.2) is 43.7 Å². The molecule has 1 aliphatic rings. The molecule has 0 bridgehead atoms. The first-order valence-corrected chi connectivity index (χ1v) is 9.57. The largest absolute Gasteiger partial charge is 0.379 e. The van der Waals surface area contributed by atoms with Gasteiger partial charge in [0.25, 0.3) is 0 Å². The zero-order valence-corrected chi connectivity index (χ0v) is 15.8. The van der Waals surface area contributed by atoms with E-state index >= 15 is 0 Å². The molecule has 1 N–H and O–H groups in total. The third-order valence-electron chi connectivity index (χ3n) is 5.03. The van der Waals surface area contributed by atoms with Crippen LogP contribution < -0.4 is 5.32 Å². The topological polar surface area (TPSA) is 41.6 Å². The number of ether oxygens (including phenoxy) is 1. The summed E-state index contributed by atoms with van der Waals surface area (Å²) in [4.78, 5) is 14.7. The van der Waals surface area contributed by atoms with Crippen molar-refractivity contribution in [2.24, 2.45) is 0 Å². The Labute approximate surface area is 160 Å². The number of carbonyl (C=O) groups is 1. The zero-order chi connectivity index (χ0) is 19.1. The van der Waals surface area contributed by atoms with E-state index in [0.717, 1.165) is 25.1 Å². The first kappa shape index (κ1) is 19.5. The maximum atomic E-state index is 13.0. The van der Waals surface area contributed by atoms with Gasteiger partial charge in [-0.05, 0) is 35.2 Å². The quantitative estimate of drug-likeness (QED) is 0.814. The molecule has 1 unspecified atom stereocenters. The van der Waals surface area contributed by atoms with Gasteiger partial charge in [-0.15, -0.1) is 0 Å². The monoisotopic (exact) mass is 370 g/mol. The fourth-order valence-electron chi connectivity index (χ4n) is 3.38. The van der Waals surface area contributed by atoms with Gasteiger partial charge in [0.2, 0.25) is 5.91 Å². The molecule has 1 aliphatic heterocycles. The number of amides is 1. The standard InChI is InChI=1S/C22H27FN2O2/c1-2-17-3-7-19(8-4-17)21(25-11-13-27-14-12-25)16-24-22(26)15-18-5-9-20(23)10-6-18/h3-10,21H,2,11-16H2,1H3,(H,24,26). The molecule has 2 aromatic carbocycles. The van der Waals surface area contributed by atoms with E-state index in [-0.39, 0.29) is 24.2 Å². The smallest absolute Gasteiger partial charge is 0.224 e. The Kier molecular flexibility index (Phi) is 6.96. The summed E-state index contributed by atoms with van der Waals surface area (Å²) in [5.74, 6) is -0.341. The summed E-state index contributed by atoms with van der Waals surface area (Å²) in [5, 5.41) is 3.06. The second kappa shape index (κ2) is 9.62. The number of hydrogen-bond acceptors (Lipinski definition) is 3. The van der Waals surface area contributed by atoms with Crippen molar-refractivity contribution < 1.29 is 13.9 Å². The zero-order valence-electron chi connectivity index (χ0n) is 15.8. The summed E-state index contributed by atoms with van der Waals surface area (Å²) in [6.07, 6.45) is 1.27. The van der Waals surface area contributed by atoms with E-state index in [1.807, 2.05) is 0 Å². The van der Waals surface area contributed by atoms with Crippen molar-refractivity contribution in [2.75, 3.05) is 32.8 Å². The van der Waals surface area contributed by atoms with E-state index in [2.05, 4.69) is 41.4 Å². The van der Waals surface area contributed by atoms with Crippen LogP contribution in [0.2, 0.25) is 0 Å². The Morgan fingerprint density at radius 2 is 1.70 bits per heavy atom. The number of nitrogens with zero attached hydrogens (tertiary/aromatic N) is 1. The minimum atomic E-state index is -0.290. The highest BCUT2D eigenvalue weighted by atomic mass is 19.1. The lowest BCUT2D eigenvalue weighted by atomic mass is 10.0. The van der Waals surface area contributed by atoms with Crippen LogP contribution in [0.1, 0.15) is 29.7 Å². The maximum Gasteiger partial charge on any atom is 0.224 e. The lowest BCUT2D eigenvalue weighted by molar-refractivity contribution is -0.120. The fraction of sp³-hybridized carbons (Fsp3) is 0.409. The van der Waals surface area contributed by atoms with Gasteiger partial charge in [-0.3, -0.25) is 9.69 Å². The average Bonchev–Trinajstić information content (AvgIpc) is 2.71. The number of benzene rings is 2. The number of nitrogens with one attached hydrogen (secondary N) is 1. The third kappa shape index (κ3) is 5.62. The molecule has 3 rings (SSSR count). The molecule has 1 atom stereocenters. The van der Waals surface area contributed by atoms with Gasteiger partial charge in [-0.2, -0.15) is 0 Å². The maximum absolute atomic E-state index is 13.0. The second-order valence-corrected chi connectivity index (χ2v) is 6.87. The Morgan fingerprint density at radius 3 is 2.33 bits per heavy atom. The van der Waals surface area contributed by atoms with E-state index in [4.69, 9.17) is 4.74 Å². The third-order valence-corrected chi connectivity index (χ3v) is 5.03. The van der Waals surface area contributed by atoms with Crippen LogP contribution in [0.5, 0.6) is 0 Å². The summed E-state index contributed by atoms with van der Waals surface area (Å²) in [7, 11) is 0. The van der Waals surface area contributed by atoms with E-state index in [0.29, 0.717) is 19.8 Å². The van der Waals surface area contributed by atoms with Crippen LogP contribution in [0.25, 0.3) is 0 Å². The van der Waals surface area contributed by atoms with Crippen molar-refractivity contribution in [1.82, 2.24) is 10.2 Å². The molecule has 0 aromatic heterocycles. The first-order chi connectivity index (χ1) is 13.2. The van der Waals surface area contributed by atoms with Crippen molar-refractivity contribution in [2.45, 2.75) is 25.8 Å². The Morgan fingerprint density at radius 1 is 1.07 bits per heavy atom. The van der Waals surface area contributed by atoms with E-state index in [1.165, 1.54) is 23.3 Å². The molecule has 0 spiro atoms. The number of rotatable bonds is 7. The molecule has 27 heavy (non-hydrogen) atoms. The molecule has 5 heteroatoms. The van der Waals surface area contributed by atoms with Gasteiger partial charge in [0.15, 0.2) is 0 Å². The molecule has 0 aliphatic carbocycles. The fourth-order valence-corrected chi connectivity index (χ4v) is 3.38. The van der Waals surface area contributed by atoms with Crippen LogP contribution in [0.4, 0.5) is 4.39 Å². The predicted molar refractivity (Wildman–Crippen MR) is 104 cm³/mol. The van der Waals surface area contributed by atoms with Crippen LogP contribution in [0, 0.1) is 5.82 Å². The van der Waals surface area contributed by atoms with Gasteiger partial charge in [0, 0.05) is 19.6 Å². The highest BCUT2D eigenvalue weighted by molar-refractivity contribution is 5.78. The van der Waals surface area contributed by atoms with Gasteiger partial charge < -0.3 is 10.1 Å². The summed E-state index contributed by atoms with van der Waals surface area (Å²) >= 11 is 0. The van der Waals surface area contributed by atoms with Crippen LogP contribution in [0.15, 0.2) is 48.5 Å². The van der Waals surface area contributed by atoms with Crippen molar-refractivity contribution in [3.63, 3.8) is 0 Å². The minimum absolute atomic E-state index is 0.0509. The molecule has 0 saturated carbocycles. The first-order valence-electron chi connectivity index (χ1n) is 9.57. The minimum Gasteiger partial charge on any atom is -0.379 e. The summed E-state index contributed by atoms with van der Waals surface area (Å²) < 4.78 is 18.5. The summed E-state index contributed by atoms with van der Waals surface area (Å²) in [5.41, 5.74) is 3.32. The van der Waals surface area contributed by atoms with Crippen molar-refractivity contribution in [3.8, 4) is 0 Å². The number of morpholine rings is 1. The van der Waals surface area contributed by atoms with E-state index in [1.54, 1.807) is 12.1 Å². The molecule has 1 saturated heterocycles. The van der Waals surface area contributed by atoms with Crippen molar-refractivity contribution in [1.29, 1.82) is 0 Å². The number of aryl methyl sites for hydroxylation is 1.